The van der Waals surface area contributed by atoms with Gasteiger partial charge in [-0.25, -0.2) is 0 Å². The summed E-state index contributed by atoms with van der Waals surface area (Å²) in [6, 6.07) is 13.1. The van der Waals surface area contributed by atoms with Crippen LogP contribution in [-0.4, -0.2) is 11.1 Å². The third kappa shape index (κ3) is 3.97. The van der Waals surface area contributed by atoms with Gasteiger partial charge in [-0.3, -0.25) is 10.1 Å². The van der Waals surface area contributed by atoms with E-state index in [2.05, 4.69) is 5.32 Å². The summed E-state index contributed by atoms with van der Waals surface area (Å²) in [5.41, 5.74) is 1.46. The Morgan fingerprint density at radius 2 is 1.81 bits per heavy atom. The van der Waals surface area contributed by atoms with Crippen molar-refractivity contribution in [2.45, 2.75) is 19.0 Å². The topological polar surface area (TPSA) is 49.3 Å². The van der Waals surface area contributed by atoms with E-state index < -0.39 is 12.0 Å². The van der Waals surface area contributed by atoms with Crippen LogP contribution in [0.3, 0.4) is 0 Å². The Bertz CT molecular complexity index is 631. The standard InChI is InChI=1S/C16H15Cl2NO2/c1-10(13-9-12(17)7-8-14(13)18)19-15(16(20)21)11-5-3-2-4-6-11/h2-10,15,19H,1H3,(H,20,21). The number of carbonyl (C=O) groups is 1. The molecule has 0 saturated carbocycles. The number of aliphatic carboxylic acids is 1. The Labute approximate surface area is 133 Å². The quantitative estimate of drug-likeness (QED) is 0.853. The van der Waals surface area contributed by atoms with E-state index in [0.29, 0.717) is 15.6 Å². The van der Waals surface area contributed by atoms with E-state index in [4.69, 9.17) is 23.2 Å². The fourth-order valence-corrected chi connectivity index (χ4v) is 2.60. The van der Waals surface area contributed by atoms with E-state index in [1.54, 1.807) is 30.3 Å². The lowest BCUT2D eigenvalue weighted by Gasteiger charge is -2.22. The summed E-state index contributed by atoms with van der Waals surface area (Å²) in [7, 11) is 0. The maximum atomic E-state index is 11.5. The highest BCUT2D eigenvalue weighted by Gasteiger charge is 2.23. The first kappa shape index (κ1) is 15.8. The molecule has 0 aromatic heterocycles. The van der Waals surface area contributed by atoms with E-state index in [1.165, 1.54) is 0 Å². The van der Waals surface area contributed by atoms with Crippen LogP contribution in [0.15, 0.2) is 48.5 Å². The highest BCUT2D eigenvalue weighted by molar-refractivity contribution is 6.33. The molecule has 21 heavy (non-hydrogen) atoms. The maximum absolute atomic E-state index is 11.5. The van der Waals surface area contributed by atoms with Gasteiger partial charge in [-0.05, 0) is 36.2 Å². The molecule has 5 heteroatoms. The minimum atomic E-state index is -0.939. The fraction of sp³-hybridized carbons (Fsp3) is 0.188. The predicted molar refractivity (Wildman–Crippen MR) is 84.8 cm³/mol. The molecule has 0 fully saturated rings. The Hall–Kier alpha value is -1.55. The van der Waals surface area contributed by atoms with E-state index in [-0.39, 0.29) is 6.04 Å². The van der Waals surface area contributed by atoms with Gasteiger partial charge in [0.05, 0.1) is 0 Å². The van der Waals surface area contributed by atoms with Gasteiger partial charge in [0.1, 0.15) is 6.04 Å². The average Bonchev–Trinajstić information content (AvgIpc) is 2.47. The second kappa shape index (κ2) is 6.94. The monoisotopic (exact) mass is 323 g/mol. The van der Waals surface area contributed by atoms with Gasteiger partial charge in [0.15, 0.2) is 0 Å². The molecular weight excluding hydrogens is 309 g/mol. The summed E-state index contributed by atoms with van der Waals surface area (Å²) in [4.78, 5) is 11.5. The van der Waals surface area contributed by atoms with Crippen molar-refractivity contribution in [3.05, 3.63) is 69.7 Å². The number of hydrogen-bond acceptors (Lipinski definition) is 2. The highest BCUT2D eigenvalue weighted by atomic mass is 35.5. The third-order valence-electron chi connectivity index (χ3n) is 3.22. The molecule has 0 amide bonds. The van der Waals surface area contributed by atoms with Crippen LogP contribution in [0.5, 0.6) is 0 Å². The van der Waals surface area contributed by atoms with Gasteiger partial charge in [0.2, 0.25) is 0 Å². The number of carboxylic acid groups (broad SMARTS) is 1. The first-order valence-electron chi connectivity index (χ1n) is 6.48. The van der Waals surface area contributed by atoms with Crippen molar-refractivity contribution in [3.8, 4) is 0 Å². The molecule has 110 valence electrons. The van der Waals surface area contributed by atoms with Crippen LogP contribution in [0.1, 0.15) is 30.1 Å². The normalized spacial score (nSPS) is 13.7. The SMILES string of the molecule is CC(NC(C(=O)O)c1ccccc1)c1cc(Cl)ccc1Cl. The van der Waals surface area contributed by atoms with Crippen LogP contribution in [0.4, 0.5) is 0 Å². The maximum Gasteiger partial charge on any atom is 0.325 e. The molecule has 0 saturated heterocycles. The first-order valence-corrected chi connectivity index (χ1v) is 7.23. The summed E-state index contributed by atoms with van der Waals surface area (Å²) in [6.45, 7) is 1.86. The molecule has 2 unspecified atom stereocenters. The molecule has 0 radical (unpaired) electrons. The van der Waals surface area contributed by atoms with Gasteiger partial charge >= 0.3 is 5.97 Å². The minimum Gasteiger partial charge on any atom is -0.480 e. The number of benzene rings is 2. The molecule has 0 aliphatic rings. The van der Waals surface area contributed by atoms with Crippen molar-refractivity contribution >= 4 is 29.2 Å². The summed E-state index contributed by atoms with van der Waals surface area (Å²) in [5.74, 6) is -0.939. The zero-order valence-corrected chi connectivity index (χ0v) is 12.9. The Morgan fingerprint density at radius 1 is 1.14 bits per heavy atom. The smallest absolute Gasteiger partial charge is 0.325 e. The lowest BCUT2D eigenvalue weighted by Crippen LogP contribution is -2.30. The van der Waals surface area contributed by atoms with Gasteiger partial charge in [-0.2, -0.15) is 0 Å². The van der Waals surface area contributed by atoms with Crippen LogP contribution in [0.25, 0.3) is 0 Å². The van der Waals surface area contributed by atoms with Crippen LogP contribution >= 0.6 is 23.2 Å². The molecule has 2 aromatic rings. The summed E-state index contributed by atoms with van der Waals surface area (Å²) >= 11 is 12.1. The lowest BCUT2D eigenvalue weighted by molar-refractivity contribution is -0.139. The molecule has 2 atom stereocenters. The van der Waals surface area contributed by atoms with Gasteiger partial charge in [0.25, 0.3) is 0 Å². The Balaban J connectivity index is 2.25. The molecular formula is C16H15Cl2NO2. The highest BCUT2D eigenvalue weighted by Crippen LogP contribution is 2.28. The lowest BCUT2D eigenvalue weighted by atomic mass is 10.0. The summed E-state index contributed by atoms with van der Waals surface area (Å²) in [5, 5.41) is 13.6. The van der Waals surface area contributed by atoms with Crippen molar-refractivity contribution < 1.29 is 9.90 Å². The largest absolute Gasteiger partial charge is 0.480 e. The molecule has 2 aromatic carbocycles. The average molecular weight is 324 g/mol. The predicted octanol–water partition coefficient (Wildman–Crippen LogP) is 4.47. The third-order valence-corrected chi connectivity index (χ3v) is 3.80. The van der Waals surface area contributed by atoms with Crippen LogP contribution < -0.4 is 5.32 Å². The second-order valence-corrected chi connectivity index (χ2v) is 5.58. The molecule has 0 spiro atoms. The Morgan fingerprint density at radius 3 is 2.43 bits per heavy atom. The summed E-state index contributed by atoms with van der Waals surface area (Å²) < 4.78 is 0. The van der Waals surface area contributed by atoms with Crippen LogP contribution in [-0.2, 0) is 4.79 Å². The number of nitrogens with one attached hydrogen (secondary N) is 1. The van der Waals surface area contributed by atoms with E-state index in [1.807, 2.05) is 25.1 Å². The van der Waals surface area contributed by atoms with Crippen molar-refractivity contribution in [2.24, 2.45) is 0 Å². The second-order valence-electron chi connectivity index (χ2n) is 4.74. The minimum absolute atomic E-state index is 0.252. The van der Waals surface area contributed by atoms with Gasteiger partial charge in [0, 0.05) is 16.1 Å². The number of rotatable bonds is 5. The molecule has 3 nitrogen and oxygen atoms in total. The number of hydrogen-bond donors (Lipinski definition) is 2. The van der Waals surface area contributed by atoms with Crippen LogP contribution in [0.2, 0.25) is 10.0 Å². The van der Waals surface area contributed by atoms with Crippen molar-refractivity contribution in [2.75, 3.05) is 0 Å². The van der Waals surface area contributed by atoms with Crippen molar-refractivity contribution in [1.29, 1.82) is 0 Å². The van der Waals surface area contributed by atoms with E-state index >= 15 is 0 Å². The van der Waals surface area contributed by atoms with E-state index in [9.17, 15) is 9.90 Å². The zero-order chi connectivity index (χ0) is 15.4. The molecule has 2 rings (SSSR count). The van der Waals surface area contributed by atoms with Gasteiger partial charge in [-0.15, -0.1) is 0 Å². The Kier molecular flexibility index (Phi) is 5.23. The molecule has 0 bridgehead atoms. The van der Waals surface area contributed by atoms with E-state index in [0.717, 1.165) is 5.56 Å². The fourth-order valence-electron chi connectivity index (χ4n) is 2.14. The molecule has 0 aliphatic carbocycles. The van der Waals surface area contributed by atoms with Gasteiger partial charge < -0.3 is 5.11 Å². The number of halogens is 2. The van der Waals surface area contributed by atoms with Crippen molar-refractivity contribution in [3.63, 3.8) is 0 Å². The zero-order valence-electron chi connectivity index (χ0n) is 11.4. The molecule has 0 heterocycles. The first-order chi connectivity index (χ1) is 9.99. The van der Waals surface area contributed by atoms with Gasteiger partial charge in [-0.1, -0.05) is 53.5 Å². The number of carboxylic acids is 1. The van der Waals surface area contributed by atoms with Crippen LogP contribution in [0, 0.1) is 0 Å². The van der Waals surface area contributed by atoms with Crippen molar-refractivity contribution in [1.82, 2.24) is 5.32 Å². The molecule has 0 aliphatic heterocycles. The molecule has 2 N–H and O–H groups in total. The summed E-state index contributed by atoms with van der Waals surface area (Å²) in [6.07, 6.45) is 0.